The zero-order valence-corrected chi connectivity index (χ0v) is 9.01. The summed E-state index contributed by atoms with van der Waals surface area (Å²) < 4.78 is 2.00. The minimum atomic E-state index is 0.815. The molecule has 0 unspecified atom stereocenters. The van der Waals surface area contributed by atoms with E-state index in [1.165, 1.54) is 0 Å². The van der Waals surface area contributed by atoms with E-state index in [-0.39, 0.29) is 0 Å². The van der Waals surface area contributed by atoms with Crippen LogP contribution in [0.25, 0.3) is 10.7 Å². The summed E-state index contributed by atoms with van der Waals surface area (Å²) in [4.78, 5) is 9.69. The maximum Gasteiger partial charge on any atom is 0.151 e. The fourth-order valence-corrected chi connectivity index (χ4v) is 2.22. The van der Waals surface area contributed by atoms with Gasteiger partial charge in [-0.25, -0.2) is 9.97 Å². The second-order valence-corrected chi connectivity index (χ2v) is 4.13. The Bertz CT molecular complexity index is 418. The Hall–Kier alpha value is -1.20. The van der Waals surface area contributed by atoms with Gasteiger partial charge in [0.05, 0.1) is 4.88 Å². The van der Waals surface area contributed by atoms with Gasteiger partial charge in [0.15, 0.2) is 5.82 Å². The molecule has 0 atom stereocenters. The highest BCUT2D eigenvalue weighted by molar-refractivity contribution is 7.15. The van der Waals surface area contributed by atoms with Crippen LogP contribution in [0.2, 0.25) is 0 Å². The van der Waals surface area contributed by atoms with Crippen LogP contribution in [0.5, 0.6) is 0 Å². The molecule has 0 aliphatic heterocycles. The first-order valence-corrected chi connectivity index (χ1v) is 5.20. The van der Waals surface area contributed by atoms with Crippen LogP contribution in [0.3, 0.4) is 0 Å². The Morgan fingerprint density at radius 3 is 3.00 bits per heavy atom. The van der Waals surface area contributed by atoms with Gasteiger partial charge in [0.25, 0.3) is 0 Å². The van der Waals surface area contributed by atoms with Crippen LogP contribution in [0.4, 0.5) is 0 Å². The summed E-state index contributed by atoms with van der Waals surface area (Å²) in [6, 6.07) is 0. The van der Waals surface area contributed by atoms with Crippen molar-refractivity contribution in [2.45, 2.75) is 6.54 Å². The van der Waals surface area contributed by atoms with E-state index < -0.39 is 0 Å². The summed E-state index contributed by atoms with van der Waals surface area (Å²) in [6.07, 6.45) is 5.61. The van der Waals surface area contributed by atoms with Gasteiger partial charge in [0.2, 0.25) is 0 Å². The van der Waals surface area contributed by atoms with Gasteiger partial charge in [-0.05, 0) is 7.05 Å². The number of aromatic nitrogens is 3. The van der Waals surface area contributed by atoms with Gasteiger partial charge in [-0.15, -0.1) is 11.3 Å². The minimum absolute atomic E-state index is 0.815. The van der Waals surface area contributed by atoms with E-state index >= 15 is 0 Å². The van der Waals surface area contributed by atoms with E-state index in [0.717, 1.165) is 22.3 Å². The number of rotatable bonds is 3. The molecule has 2 aromatic rings. The van der Waals surface area contributed by atoms with Crippen LogP contribution in [-0.2, 0) is 13.6 Å². The molecule has 2 aromatic heterocycles. The molecule has 0 amide bonds. The Labute approximate surface area is 86.6 Å². The summed E-state index contributed by atoms with van der Waals surface area (Å²) in [5, 5.41) is 4.17. The molecule has 2 heterocycles. The van der Waals surface area contributed by atoms with Crippen LogP contribution in [0.15, 0.2) is 18.6 Å². The molecule has 0 saturated heterocycles. The quantitative estimate of drug-likeness (QED) is 0.826. The molecule has 1 N–H and O–H groups in total. The summed E-state index contributed by atoms with van der Waals surface area (Å²) in [7, 11) is 3.90. The third kappa shape index (κ3) is 1.69. The molecule has 0 bridgehead atoms. The molecule has 0 radical (unpaired) electrons. The first-order chi connectivity index (χ1) is 6.81. The Kier molecular flexibility index (Phi) is 2.60. The molecule has 14 heavy (non-hydrogen) atoms. The van der Waals surface area contributed by atoms with Gasteiger partial charge in [0.1, 0.15) is 5.01 Å². The number of aryl methyl sites for hydroxylation is 1. The van der Waals surface area contributed by atoms with Crippen LogP contribution in [-0.4, -0.2) is 21.6 Å². The van der Waals surface area contributed by atoms with Crippen LogP contribution >= 0.6 is 11.3 Å². The average Bonchev–Trinajstić information content (AvgIpc) is 2.74. The standard InChI is InChI=1S/C9H12N4S/c1-10-6-8-12-5-7(14-8)9-11-3-4-13(9)2/h3-5,10H,6H2,1-2H3. The Morgan fingerprint density at radius 1 is 1.50 bits per heavy atom. The predicted octanol–water partition coefficient (Wildman–Crippen LogP) is 1.26. The maximum atomic E-state index is 4.31. The van der Waals surface area contributed by atoms with Gasteiger partial charge in [-0.3, -0.25) is 0 Å². The summed E-state index contributed by atoms with van der Waals surface area (Å²) in [5.74, 6) is 0.977. The lowest BCUT2D eigenvalue weighted by Crippen LogP contribution is -2.03. The molecule has 74 valence electrons. The number of hydrogen-bond donors (Lipinski definition) is 1. The Balaban J connectivity index is 2.29. The van der Waals surface area contributed by atoms with Gasteiger partial charge in [0, 0.05) is 32.2 Å². The molecular weight excluding hydrogens is 196 g/mol. The van der Waals surface area contributed by atoms with Crippen molar-refractivity contribution in [2.75, 3.05) is 7.05 Å². The van der Waals surface area contributed by atoms with Crippen molar-refractivity contribution < 1.29 is 0 Å². The van der Waals surface area contributed by atoms with E-state index in [1.807, 2.05) is 31.1 Å². The first-order valence-electron chi connectivity index (χ1n) is 4.38. The van der Waals surface area contributed by atoms with E-state index in [4.69, 9.17) is 0 Å². The van der Waals surface area contributed by atoms with Crippen LogP contribution in [0.1, 0.15) is 5.01 Å². The smallest absolute Gasteiger partial charge is 0.151 e. The lowest BCUT2D eigenvalue weighted by atomic mass is 10.5. The lowest BCUT2D eigenvalue weighted by molar-refractivity contribution is 0.810. The first kappa shape index (κ1) is 9.36. The largest absolute Gasteiger partial charge is 0.333 e. The van der Waals surface area contributed by atoms with Crippen LogP contribution in [0, 0.1) is 0 Å². The van der Waals surface area contributed by atoms with Gasteiger partial charge < -0.3 is 9.88 Å². The SMILES string of the molecule is CNCc1ncc(-c2nccn2C)s1. The van der Waals surface area contributed by atoms with Gasteiger partial charge >= 0.3 is 0 Å². The number of hydrogen-bond acceptors (Lipinski definition) is 4. The van der Waals surface area contributed by atoms with Gasteiger partial charge in [-0.1, -0.05) is 0 Å². The molecule has 0 aliphatic rings. The monoisotopic (exact) mass is 208 g/mol. The van der Waals surface area contributed by atoms with Gasteiger partial charge in [-0.2, -0.15) is 0 Å². The topological polar surface area (TPSA) is 42.7 Å². The highest BCUT2D eigenvalue weighted by atomic mass is 32.1. The van der Waals surface area contributed by atoms with Crippen molar-refractivity contribution in [1.82, 2.24) is 19.9 Å². The number of nitrogens with one attached hydrogen (secondary N) is 1. The zero-order valence-electron chi connectivity index (χ0n) is 8.19. The van der Waals surface area contributed by atoms with Crippen molar-refractivity contribution in [3.8, 4) is 10.7 Å². The molecule has 0 aliphatic carbocycles. The summed E-state index contributed by atoms with van der Waals surface area (Å²) >= 11 is 1.67. The third-order valence-electron chi connectivity index (χ3n) is 1.92. The fourth-order valence-electron chi connectivity index (χ4n) is 1.25. The van der Waals surface area contributed by atoms with E-state index in [2.05, 4.69) is 15.3 Å². The fraction of sp³-hybridized carbons (Fsp3) is 0.333. The molecular formula is C9H12N4S. The third-order valence-corrected chi connectivity index (χ3v) is 2.92. The lowest BCUT2D eigenvalue weighted by Gasteiger charge is -1.95. The molecule has 0 saturated carbocycles. The predicted molar refractivity (Wildman–Crippen MR) is 57.1 cm³/mol. The molecule has 0 spiro atoms. The second-order valence-electron chi connectivity index (χ2n) is 3.01. The highest BCUT2D eigenvalue weighted by Crippen LogP contribution is 2.23. The minimum Gasteiger partial charge on any atom is -0.333 e. The molecule has 4 nitrogen and oxygen atoms in total. The van der Waals surface area contributed by atoms with E-state index in [1.54, 1.807) is 17.5 Å². The maximum absolute atomic E-state index is 4.31. The van der Waals surface area contributed by atoms with Crippen molar-refractivity contribution >= 4 is 11.3 Å². The second kappa shape index (κ2) is 3.89. The summed E-state index contributed by atoms with van der Waals surface area (Å²) in [6.45, 7) is 0.815. The van der Waals surface area contributed by atoms with Crippen molar-refractivity contribution in [3.63, 3.8) is 0 Å². The van der Waals surface area contributed by atoms with Crippen molar-refractivity contribution in [2.24, 2.45) is 7.05 Å². The van der Waals surface area contributed by atoms with Crippen molar-refractivity contribution in [1.29, 1.82) is 0 Å². The van der Waals surface area contributed by atoms with Crippen molar-refractivity contribution in [3.05, 3.63) is 23.6 Å². The number of imidazole rings is 1. The molecule has 5 heteroatoms. The zero-order chi connectivity index (χ0) is 9.97. The number of thiazole rings is 1. The highest BCUT2D eigenvalue weighted by Gasteiger charge is 2.07. The molecule has 0 aromatic carbocycles. The van der Waals surface area contributed by atoms with E-state index in [0.29, 0.717) is 0 Å². The Morgan fingerprint density at radius 2 is 2.36 bits per heavy atom. The molecule has 0 fully saturated rings. The number of nitrogens with zero attached hydrogens (tertiary/aromatic N) is 3. The van der Waals surface area contributed by atoms with E-state index in [9.17, 15) is 0 Å². The van der Waals surface area contributed by atoms with Crippen LogP contribution < -0.4 is 5.32 Å². The normalized spacial score (nSPS) is 10.7. The molecule has 2 rings (SSSR count). The average molecular weight is 208 g/mol. The summed E-state index contributed by atoms with van der Waals surface area (Å²) in [5.41, 5.74) is 0.